The van der Waals surface area contributed by atoms with Crippen LogP contribution in [0.25, 0.3) is 0 Å². The zero-order valence-corrected chi connectivity index (χ0v) is 9.82. The van der Waals surface area contributed by atoms with Crippen LogP contribution in [0.4, 0.5) is 11.4 Å². The summed E-state index contributed by atoms with van der Waals surface area (Å²) in [7, 11) is 0. The molecular weight excluding hydrogens is 198 g/mol. The van der Waals surface area contributed by atoms with Crippen molar-refractivity contribution in [2.45, 2.75) is 44.7 Å². The maximum absolute atomic E-state index is 4.22. The number of likely N-dealkylation sites (N-methyl/N-ethyl adjacent to an activating group) is 1. The highest BCUT2D eigenvalue weighted by Gasteiger charge is 2.34. The smallest absolute Gasteiger partial charge is 0.0767 e. The quantitative estimate of drug-likeness (QED) is 0.784. The maximum atomic E-state index is 4.22. The van der Waals surface area contributed by atoms with Crippen molar-refractivity contribution in [2.75, 3.05) is 16.8 Å². The highest BCUT2D eigenvalue weighted by atomic mass is 15.2. The van der Waals surface area contributed by atoms with E-state index in [1.54, 1.807) is 0 Å². The minimum Gasteiger partial charge on any atom is -0.377 e. The van der Waals surface area contributed by atoms with Crippen molar-refractivity contribution in [1.82, 2.24) is 4.98 Å². The third-order valence-corrected chi connectivity index (χ3v) is 3.92. The lowest BCUT2D eigenvalue weighted by atomic mass is 9.87. The molecular formula is C13H19N3. The maximum Gasteiger partial charge on any atom is 0.0767 e. The molecule has 2 atom stereocenters. The van der Waals surface area contributed by atoms with Gasteiger partial charge in [-0.25, -0.2) is 0 Å². The number of anilines is 2. The molecule has 1 aliphatic heterocycles. The summed E-state index contributed by atoms with van der Waals surface area (Å²) in [4.78, 5) is 6.77. The van der Waals surface area contributed by atoms with Crippen LogP contribution in [0, 0.1) is 0 Å². The predicted octanol–water partition coefficient (Wildman–Crippen LogP) is 2.64. The molecule has 0 spiro atoms. The second-order valence-electron chi connectivity index (χ2n) is 4.78. The number of hydrogen-bond donors (Lipinski definition) is 1. The van der Waals surface area contributed by atoms with E-state index in [0.29, 0.717) is 12.1 Å². The first-order chi connectivity index (χ1) is 7.90. The third-order valence-electron chi connectivity index (χ3n) is 3.92. The van der Waals surface area contributed by atoms with Gasteiger partial charge in [-0.2, -0.15) is 0 Å². The molecule has 3 heteroatoms. The Morgan fingerprint density at radius 3 is 3.19 bits per heavy atom. The number of rotatable bonds is 1. The summed E-state index contributed by atoms with van der Waals surface area (Å²) in [6.07, 6.45) is 9.22. The van der Waals surface area contributed by atoms with E-state index >= 15 is 0 Å². The van der Waals surface area contributed by atoms with Crippen molar-refractivity contribution in [3.05, 3.63) is 18.5 Å². The zero-order chi connectivity index (χ0) is 11.0. The van der Waals surface area contributed by atoms with Gasteiger partial charge in [-0.1, -0.05) is 12.8 Å². The molecule has 1 aliphatic carbocycles. The molecule has 86 valence electrons. The molecule has 0 bridgehead atoms. The Hall–Kier alpha value is -1.25. The van der Waals surface area contributed by atoms with Crippen molar-refractivity contribution in [1.29, 1.82) is 0 Å². The summed E-state index contributed by atoms with van der Waals surface area (Å²) in [5.41, 5.74) is 2.55. The fraction of sp³-hybridized carbons (Fsp3) is 0.615. The summed E-state index contributed by atoms with van der Waals surface area (Å²) in [6.45, 7) is 3.35. The van der Waals surface area contributed by atoms with Crippen molar-refractivity contribution in [2.24, 2.45) is 0 Å². The van der Waals surface area contributed by atoms with Gasteiger partial charge >= 0.3 is 0 Å². The van der Waals surface area contributed by atoms with E-state index in [2.05, 4.69) is 28.2 Å². The Balaban J connectivity index is 1.99. The van der Waals surface area contributed by atoms with Crippen molar-refractivity contribution in [3.8, 4) is 0 Å². The zero-order valence-electron chi connectivity index (χ0n) is 9.82. The summed E-state index contributed by atoms with van der Waals surface area (Å²) in [5, 5.41) is 3.66. The minimum atomic E-state index is 0.630. The Kier molecular flexibility index (Phi) is 2.46. The molecule has 1 aromatic rings. The van der Waals surface area contributed by atoms with Gasteiger partial charge in [0, 0.05) is 24.8 Å². The second-order valence-corrected chi connectivity index (χ2v) is 4.78. The second kappa shape index (κ2) is 3.96. The third kappa shape index (κ3) is 1.46. The van der Waals surface area contributed by atoms with Crippen LogP contribution in [0.5, 0.6) is 0 Å². The van der Waals surface area contributed by atoms with E-state index in [0.717, 1.165) is 6.54 Å². The lowest BCUT2D eigenvalue weighted by Gasteiger charge is -2.46. The van der Waals surface area contributed by atoms with Gasteiger partial charge in [0.15, 0.2) is 0 Å². The molecule has 3 rings (SSSR count). The molecule has 1 saturated carbocycles. The minimum absolute atomic E-state index is 0.630. The Bertz CT molecular complexity index is 377. The summed E-state index contributed by atoms with van der Waals surface area (Å²) < 4.78 is 0. The van der Waals surface area contributed by atoms with Gasteiger partial charge in [-0.15, -0.1) is 0 Å². The van der Waals surface area contributed by atoms with Gasteiger partial charge in [0.25, 0.3) is 0 Å². The van der Waals surface area contributed by atoms with E-state index in [1.807, 2.05) is 12.4 Å². The number of fused-ring (bicyclic) bond motifs is 2. The normalized spacial score (nSPS) is 27.9. The number of hydrogen-bond acceptors (Lipinski definition) is 3. The van der Waals surface area contributed by atoms with Gasteiger partial charge in [0.05, 0.1) is 17.6 Å². The van der Waals surface area contributed by atoms with Crippen LogP contribution in [0.2, 0.25) is 0 Å². The SMILES string of the molecule is CCN1c2ccncc2N[C@@H]2CCCC[C@@H]21. The molecule has 16 heavy (non-hydrogen) atoms. The average Bonchev–Trinajstić information content (AvgIpc) is 2.36. The lowest BCUT2D eigenvalue weighted by Crippen LogP contribution is -2.52. The number of aromatic nitrogens is 1. The van der Waals surface area contributed by atoms with Gasteiger partial charge in [0.1, 0.15) is 0 Å². The first-order valence-corrected chi connectivity index (χ1v) is 6.37. The summed E-state index contributed by atoms with van der Waals surface area (Å²) in [6, 6.07) is 3.45. The van der Waals surface area contributed by atoms with Crippen LogP contribution in [0.15, 0.2) is 18.5 Å². The van der Waals surface area contributed by atoms with E-state index in [9.17, 15) is 0 Å². The molecule has 1 aromatic heterocycles. The van der Waals surface area contributed by atoms with Gasteiger partial charge in [-0.3, -0.25) is 4.98 Å². The largest absolute Gasteiger partial charge is 0.377 e. The highest BCUT2D eigenvalue weighted by molar-refractivity contribution is 5.72. The van der Waals surface area contributed by atoms with E-state index in [1.165, 1.54) is 37.1 Å². The fourth-order valence-corrected chi connectivity index (χ4v) is 3.18. The molecule has 1 N–H and O–H groups in total. The molecule has 2 aliphatic rings. The molecule has 1 fully saturated rings. The lowest BCUT2D eigenvalue weighted by molar-refractivity contribution is 0.376. The van der Waals surface area contributed by atoms with Crippen molar-refractivity contribution in [3.63, 3.8) is 0 Å². The first kappa shape index (κ1) is 9.94. The first-order valence-electron chi connectivity index (χ1n) is 6.37. The van der Waals surface area contributed by atoms with E-state index < -0.39 is 0 Å². The van der Waals surface area contributed by atoms with E-state index in [4.69, 9.17) is 0 Å². The average molecular weight is 217 g/mol. The van der Waals surface area contributed by atoms with Crippen LogP contribution in [-0.4, -0.2) is 23.6 Å². The molecule has 0 radical (unpaired) electrons. The van der Waals surface area contributed by atoms with Gasteiger partial charge < -0.3 is 10.2 Å². The molecule has 3 nitrogen and oxygen atoms in total. The fourth-order valence-electron chi connectivity index (χ4n) is 3.18. The Labute approximate surface area is 96.9 Å². The van der Waals surface area contributed by atoms with Crippen LogP contribution in [-0.2, 0) is 0 Å². The van der Waals surface area contributed by atoms with Gasteiger partial charge in [-0.05, 0) is 25.8 Å². The van der Waals surface area contributed by atoms with Crippen LogP contribution >= 0.6 is 0 Å². The standard InChI is InChI=1S/C13H19N3/c1-2-16-12-6-4-3-5-10(12)15-11-9-14-8-7-13(11)16/h7-10,12,15H,2-6H2,1H3/t10-,12+/m1/s1. The molecule has 2 heterocycles. The predicted molar refractivity (Wildman–Crippen MR) is 66.9 cm³/mol. The monoisotopic (exact) mass is 217 g/mol. The number of pyridine rings is 1. The van der Waals surface area contributed by atoms with Crippen molar-refractivity contribution < 1.29 is 0 Å². The molecule has 0 unspecified atom stereocenters. The number of nitrogens with zero attached hydrogens (tertiary/aromatic N) is 2. The molecule has 0 saturated heterocycles. The Morgan fingerprint density at radius 1 is 1.44 bits per heavy atom. The van der Waals surface area contributed by atoms with Gasteiger partial charge in [0.2, 0.25) is 0 Å². The summed E-state index contributed by atoms with van der Waals surface area (Å²) in [5.74, 6) is 0. The Morgan fingerprint density at radius 2 is 2.31 bits per heavy atom. The molecule has 0 amide bonds. The van der Waals surface area contributed by atoms with Crippen molar-refractivity contribution >= 4 is 11.4 Å². The highest BCUT2D eigenvalue weighted by Crippen LogP contribution is 2.37. The molecule has 0 aromatic carbocycles. The van der Waals surface area contributed by atoms with E-state index in [-0.39, 0.29) is 0 Å². The van der Waals surface area contributed by atoms with Crippen LogP contribution in [0.3, 0.4) is 0 Å². The topological polar surface area (TPSA) is 28.2 Å². The van der Waals surface area contributed by atoms with Crippen LogP contribution in [0.1, 0.15) is 32.6 Å². The number of nitrogens with one attached hydrogen (secondary N) is 1. The van der Waals surface area contributed by atoms with Crippen LogP contribution < -0.4 is 10.2 Å². The summed E-state index contributed by atoms with van der Waals surface area (Å²) >= 11 is 0.